The number of hydrogen-bond donors (Lipinski definition) is 1. The molecule has 0 atom stereocenters. The van der Waals surface area contributed by atoms with Crippen LogP contribution >= 0.6 is 0 Å². The number of aromatic nitrogens is 2. The summed E-state index contributed by atoms with van der Waals surface area (Å²) < 4.78 is 1.88. The molecule has 3 heteroatoms. The average Bonchev–Trinajstić information content (AvgIpc) is 2.67. The number of rotatable bonds is 1. The zero-order valence-corrected chi connectivity index (χ0v) is 10.5. The van der Waals surface area contributed by atoms with Crippen LogP contribution in [0.5, 0.6) is 0 Å². The molecule has 1 heterocycles. The van der Waals surface area contributed by atoms with Crippen LogP contribution in [0.25, 0.3) is 22.2 Å². The Balaban J connectivity index is 2.34. The maximum atomic E-state index is 5.83. The summed E-state index contributed by atoms with van der Waals surface area (Å²) in [5, 5.41) is 5.76. The molecular formula is C15H15N3. The van der Waals surface area contributed by atoms with E-state index in [1.807, 2.05) is 42.1 Å². The van der Waals surface area contributed by atoms with Gasteiger partial charge in [-0.05, 0) is 30.7 Å². The van der Waals surface area contributed by atoms with E-state index >= 15 is 0 Å². The quantitative estimate of drug-likeness (QED) is 0.661. The molecule has 2 N–H and O–H groups in total. The second-order valence-electron chi connectivity index (χ2n) is 4.56. The van der Waals surface area contributed by atoms with E-state index in [-0.39, 0.29) is 0 Å². The summed E-state index contributed by atoms with van der Waals surface area (Å²) in [7, 11) is 1.95. The number of benzene rings is 2. The number of anilines is 1. The third-order valence-corrected chi connectivity index (χ3v) is 3.28. The molecule has 1 aromatic heterocycles. The fraction of sp³-hybridized carbons (Fsp3) is 0.133. The highest BCUT2D eigenvalue weighted by Crippen LogP contribution is 2.30. The molecule has 0 saturated heterocycles. The van der Waals surface area contributed by atoms with E-state index in [4.69, 9.17) is 5.73 Å². The van der Waals surface area contributed by atoms with Gasteiger partial charge in [0, 0.05) is 23.7 Å². The van der Waals surface area contributed by atoms with Crippen molar-refractivity contribution in [2.75, 3.05) is 5.73 Å². The van der Waals surface area contributed by atoms with Crippen molar-refractivity contribution in [3.63, 3.8) is 0 Å². The average molecular weight is 237 g/mol. The smallest absolute Gasteiger partial charge is 0.100 e. The van der Waals surface area contributed by atoms with Crippen LogP contribution in [-0.4, -0.2) is 9.78 Å². The lowest BCUT2D eigenvalue weighted by Crippen LogP contribution is -1.91. The molecule has 3 rings (SSSR count). The minimum Gasteiger partial charge on any atom is -0.399 e. The first kappa shape index (κ1) is 10.8. The summed E-state index contributed by atoms with van der Waals surface area (Å²) in [5.74, 6) is 0. The van der Waals surface area contributed by atoms with Gasteiger partial charge in [-0.1, -0.05) is 24.3 Å². The summed E-state index contributed by atoms with van der Waals surface area (Å²) in [6.07, 6.45) is 0. The van der Waals surface area contributed by atoms with Gasteiger partial charge in [0.1, 0.15) is 5.69 Å². The summed E-state index contributed by atoms with van der Waals surface area (Å²) in [5.41, 5.74) is 11.1. The zero-order chi connectivity index (χ0) is 12.7. The van der Waals surface area contributed by atoms with Gasteiger partial charge in [-0.3, -0.25) is 4.68 Å². The number of nitrogen functional groups attached to an aromatic ring is 1. The number of fused-ring (bicyclic) bond motifs is 1. The van der Waals surface area contributed by atoms with Crippen LogP contribution < -0.4 is 5.73 Å². The minimum absolute atomic E-state index is 0.766. The SMILES string of the molecule is Cc1ccccc1-c1nn(C)c2cc(N)ccc12. The van der Waals surface area contributed by atoms with Crippen molar-refractivity contribution in [2.45, 2.75) is 6.92 Å². The molecule has 0 aliphatic rings. The van der Waals surface area contributed by atoms with Crippen molar-refractivity contribution in [2.24, 2.45) is 7.05 Å². The van der Waals surface area contributed by atoms with Crippen LogP contribution in [0.2, 0.25) is 0 Å². The molecule has 3 nitrogen and oxygen atoms in total. The van der Waals surface area contributed by atoms with Gasteiger partial charge in [0.25, 0.3) is 0 Å². The van der Waals surface area contributed by atoms with Crippen molar-refractivity contribution in [3.05, 3.63) is 48.0 Å². The van der Waals surface area contributed by atoms with Crippen molar-refractivity contribution < 1.29 is 0 Å². The van der Waals surface area contributed by atoms with E-state index in [1.54, 1.807) is 0 Å². The van der Waals surface area contributed by atoms with Crippen molar-refractivity contribution in [1.82, 2.24) is 9.78 Å². The third-order valence-electron chi connectivity index (χ3n) is 3.28. The molecule has 0 saturated carbocycles. The standard InChI is InChI=1S/C15H15N3/c1-10-5-3-4-6-12(10)15-13-8-7-11(16)9-14(13)18(2)17-15/h3-9H,16H2,1-2H3. The monoisotopic (exact) mass is 237 g/mol. The highest BCUT2D eigenvalue weighted by molar-refractivity contribution is 5.95. The maximum Gasteiger partial charge on any atom is 0.100 e. The Bertz CT molecular complexity index is 726. The molecule has 0 amide bonds. The molecule has 18 heavy (non-hydrogen) atoms. The Kier molecular flexibility index (Phi) is 2.33. The molecule has 0 bridgehead atoms. The van der Waals surface area contributed by atoms with Crippen LogP contribution in [0, 0.1) is 6.92 Å². The van der Waals surface area contributed by atoms with Gasteiger partial charge in [0.05, 0.1) is 5.52 Å². The lowest BCUT2D eigenvalue weighted by atomic mass is 10.0. The highest BCUT2D eigenvalue weighted by Gasteiger charge is 2.11. The Labute approximate surface area is 106 Å². The summed E-state index contributed by atoms with van der Waals surface area (Å²) >= 11 is 0. The predicted molar refractivity (Wildman–Crippen MR) is 75.3 cm³/mol. The van der Waals surface area contributed by atoms with Gasteiger partial charge in [-0.2, -0.15) is 5.10 Å². The van der Waals surface area contributed by atoms with E-state index < -0.39 is 0 Å². The Morgan fingerprint density at radius 1 is 1.11 bits per heavy atom. The lowest BCUT2D eigenvalue weighted by Gasteiger charge is -2.02. The maximum absolute atomic E-state index is 5.83. The topological polar surface area (TPSA) is 43.8 Å². The van der Waals surface area contributed by atoms with Crippen molar-refractivity contribution in [1.29, 1.82) is 0 Å². The van der Waals surface area contributed by atoms with E-state index in [0.717, 1.165) is 22.3 Å². The number of nitrogens with two attached hydrogens (primary N) is 1. The summed E-state index contributed by atoms with van der Waals surface area (Å²) in [6, 6.07) is 14.2. The van der Waals surface area contributed by atoms with Gasteiger partial charge in [-0.15, -0.1) is 0 Å². The first-order valence-corrected chi connectivity index (χ1v) is 5.95. The van der Waals surface area contributed by atoms with Crippen LogP contribution in [0.15, 0.2) is 42.5 Å². The summed E-state index contributed by atoms with van der Waals surface area (Å²) in [6.45, 7) is 2.10. The van der Waals surface area contributed by atoms with Gasteiger partial charge >= 0.3 is 0 Å². The van der Waals surface area contributed by atoms with Crippen LogP contribution in [-0.2, 0) is 7.05 Å². The summed E-state index contributed by atoms with van der Waals surface area (Å²) in [4.78, 5) is 0. The second kappa shape index (κ2) is 3.88. The largest absolute Gasteiger partial charge is 0.399 e. The predicted octanol–water partition coefficient (Wildman–Crippen LogP) is 3.13. The third kappa shape index (κ3) is 1.56. The zero-order valence-electron chi connectivity index (χ0n) is 10.5. The lowest BCUT2D eigenvalue weighted by molar-refractivity contribution is 0.800. The van der Waals surface area contributed by atoms with Crippen LogP contribution in [0.4, 0.5) is 5.69 Å². The molecule has 2 aromatic carbocycles. The van der Waals surface area contributed by atoms with E-state index in [9.17, 15) is 0 Å². The Hall–Kier alpha value is -2.29. The van der Waals surface area contributed by atoms with Gasteiger partial charge < -0.3 is 5.73 Å². The Morgan fingerprint density at radius 3 is 2.67 bits per heavy atom. The molecule has 0 spiro atoms. The first-order chi connectivity index (χ1) is 8.66. The van der Waals surface area contributed by atoms with Crippen molar-refractivity contribution in [3.8, 4) is 11.3 Å². The molecule has 0 aliphatic heterocycles. The van der Waals surface area contributed by atoms with Gasteiger partial charge in [0.2, 0.25) is 0 Å². The number of hydrogen-bond acceptors (Lipinski definition) is 2. The molecular weight excluding hydrogens is 222 g/mol. The highest BCUT2D eigenvalue weighted by atomic mass is 15.3. The van der Waals surface area contributed by atoms with Crippen LogP contribution in [0.3, 0.4) is 0 Å². The fourth-order valence-electron chi connectivity index (χ4n) is 2.31. The molecule has 0 aliphatic carbocycles. The molecule has 90 valence electrons. The molecule has 0 unspecified atom stereocenters. The van der Waals surface area contributed by atoms with E-state index in [0.29, 0.717) is 0 Å². The van der Waals surface area contributed by atoms with Crippen LogP contribution in [0.1, 0.15) is 5.56 Å². The molecule has 0 radical (unpaired) electrons. The number of nitrogens with zero attached hydrogens (tertiary/aromatic N) is 2. The normalized spacial score (nSPS) is 11.0. The number of aryl methyl sites for hydroxylation is 2. The van der Waals surface area contributed by atoms with Crippen molar-refractivity contribution >= 4 is 16.6 Å². The van der Waals surface area contributed by atoms with E-state index in [1.165, 1.54) is 11.1 Å². The molecule has 3 aromatic rings. The second-order valence-corrected chi connectivity index (χ2v) is 4.56. The fourth-order valence-corrected chi connectivity index (χ4v) is 2.31. The minimum atomic E-state index is 0.766. The first-order valence-electron chi connectivity index (χ1n) is 5.95. The van der Waals surface area contributed by atoms with E-state index in [2.05, 4.69) is 24.2 Å². The van der Waals surface area contributed by atoms with Gasteiger partial charge in [-0.25, -0.2) is 0 Å². The molecule has 0 fully saturated rings. The Morgan fingerprint density at radius 2 is 1.89 bits per heavy atom. The van der Waals surface area contributed by atoms with Gasteiger partial charge in [0.15, 0.2) is 0 Å².